The van der Waals surface area contributed by atoms with Gasteiger partial charge in [0.05, 0.1) is 19.3 Å². The highest BCUT2D eigenvalue weighted by Gasteiger charge is 2.44. The summed E-state index contributed by atoms with van der Waals surface area (Å²) in [6, 6.07) is 12.8. The van der Waals surface area contributed by atoms with Crippen molar-refractivity contribution in [3.05, 3.63) is 59.3 Å². The van der Waals surface area contributed by atoms with Crippen molar-refractivity contribution < 1.29 is 23.8 Å². The van der Waals surface area contributed by atoms with E-state index in [-0.39, 0.29) is 18.6 Å². The van der Waals surface area contributed by atoms with Crippen LogP contribution in [0.5, 0.6) is 11.5 Å². The van der Waals surface area contributed by atoms with E-state index < -0.39 is 12.1 Å². The van der Waals surface area contributed by atoms with Crippen LogP contribution in [0, 0.1) is 0 Å². The molecule has 1 aromatic heterocycles. The van der Waals surface area contributed by atoms with E-state index in [9.17, 15) is 9.59 Å². The van der Waals surface area contributed by atoms with E-state index in [4.69, 9.17) is 14.2 Å². The largest absolute Gasteiger partial charge is 0.454 e. The van der Waals surface area contributed by atoms with Crippen molar-refractivity contribution >= 4 is 22.7 Å². The molecule has 0 bridgehead atoms. The first-order chi connectivity index (χ1) is 16.1. The van der Waals surface area contributed by atoms with Crippen molar-refractivity contribution in [3.8, 4) is 11.5 Å². The van der Waals surface area contributed by atoms with Crippen molar-refractivity contribution in [2.24, 2.45) is 0 Å². The van der Waals surface area contributed by atoms with Crippen LogP contribution in [0.4, 0.5) is 0 Å². The summed E-state index contributed by atoms with van der Waals surface area (Å²) in [5, 5.41) is 1.08. The van der Waals surface area contributed by atoms with E-state index in [0.29, 0.717) is 44.2 Å². The monoisotopic (exact) mass is 447 g/mol. The average Bonchev–Trinajstić information content (AvgIpc) is 3.46. The fourth-order valence-corrected chi connectivity index (χ4v) is 5.30. The molecule has 2 atom stereocenters. The molecule has 1 fully saturated rings. The normalized spacial score (nSPS) is 21.8. The molecule has 0 radical (unpaired) electrons. The maximum absolute atomic E-state index is 13.7. The molecule has 2 amide bonds. The number of hydrogen-bond donors (Lipinski definition) is 1. The Morgan fingerprint density at radius 1 is 1.03 bits per heavy atom. The first kappa shape index (κ1) is 20.1. The van der Waals surface area contributed by atoms with Crippen LogP contribution in [-0.2, 0) is 20.7 Å². The molecule has 3 aromatic rings. The minimum atomic E-state index is -0.595. The van der Waals surface area contributed by atoms with Gasteiger partial charge in [-0.1, -0.05) is 24.3 Å². The molecule has 0 saturated carbocycles. The Morgan fingerprint density at radius 2 is 1.82 bits per heavy atom. The molecule has 2 aromatic carbocycles. The molecule has 0 spiro atoms. The second-order valence-corrected chi connectivity index (χ2v) is 8.66. The molecule has 2 unspecified atom stereocenters. The molecule has 4 heterocycles. The number of morpholine rings is 1. The number of amides is 2. The van der Waals surface area contributed by atoms with E-state index in [2.05, 4.69) is 11.1 Å². The van der Waals surface area contributed by atoms with Gasteiger partial charge in [0.15, 0.2) is 11.5 Å². The maximum atomic E-state index is 13.7. The second-order valence-electron chi connectivity index (χ2n) is 8.66. The number of carbonyl (C=O) groups excluding carboxylic acids is 2. The van der Waals surface area contributed by atoms with Crippen molar-refractivity contribution in [2.45, 2.75) is 25.4 Å². The second kappa shape index (κ2) is 7.81. The Balaban J connectivity index is 1.52. The lowest BCUT2D eigenvalue weighted by molar-refractivity contribution is -0.149. The Bertz CT molecular complexity index is 1250. The lowest BCUT2D eigenvalue weighted by atomic mass is 9.87. The summed E-state index contributed by atoms with van der Waals surface area (Å²) >= 11 is 0. The van der Waals surface area contributed by atoms with Crippen molar-refractivity contribution in [3.63, 3.8) is 0 Å². The Morgan fingerprint density at radius 3 is 2.64 bits per heavy atom. The molecule has 6 rings (SSSR count). The predicted octanol–water partition coefficient (Wildman–Crippen LogP) is 2.62. The molecule has 3 aliphatic rings. The predicted molar refractivity (Wildman–Crippen MR) is 120 cm³/mol. The van der Waals surface area contributed by atoms with Crippen molar-refractivity contribution in [2.75, 3.05) is 33.1 Å². The van der Waals surface area contributed by atoms with Crippen LogP contribution in [0.1, 0.15) is 29.8 Å². The first-order valence-corrected chi connectivity index (χ1v) is 11.3. The smallest absolute Gasteiger partial charge is 0.245 e. The van der Waals surface area contributed by atoms with Crippen LogP contribution in [0.2, 0.25) is 0 Å². The van der Waals surface area contributed by atoms with Crippen LogP contribution in [-0.4, -0.2) is 65.7 Å². The fraction of sp³-hybridized carbons (Fsp3) is 0.360. The first-order valence-electron chi connectivity index (χ1n) is 11.3. The molecular formula is C25H25N3O5. The number of rotatable bonds is 2. The van der Waals surface area contributed by atoms with Gasteiger partial charge in [0.2, 0.25) is 18.6 Å². The van der Waals surface area contributed by atoms with Gasteiger partial charge in [-0.2, -0.15) is 0 Å². The fourth-order valence-electron chi connectivity index (χ4n) is 5.30. The van der Waals surface area contributed by atoms with Gasteiger partial charge in [0.25, 0.3) is 0 Å². The zero-order valence-corrected chi connectivity index (χ0v) is 18.4. The van der Waals surface area contributed by atoms with Crippen LogP contribution in [0.25, 0.3) is 10.9 Å². The van der Waals surface area contributed by atoms with Gasteiger partial charge in [-0.3, -0.25) is 9.59 Å². The van der Waals surface area contributed by atoms with Gasteiger partial charge in [0, 0.05) is 43.0 Å². The zero-order chi connectivity index (χ0) is 22.5. The molecule has 3 aliphatic heterocycles. The van der Waals surface area contributed by atoms with E-state index in [1.165, 1.54) is 6.92 Å². The maximum Gasteiger partial charge on any atom is 0.245 e. The minimum absolute atomic E-state index is 0.0322. The summed E-state index contributed by atoms with van der Waals surface area (Å²) in [7, 11) is 0. The highest BCUT2D eigenvalue weighted by Crippen LogP contribution is 2.44. The van der Waals surface area contributed by atoms with Crippen LogP contribution >= 0.6 is 0 Å². The van der Waals surface area contributed by atoms with Crippen molar-refractivity contribution in [1.29, 1.82) is 0 Å². The van der Waals surface area contributed by atoms with Gasteiger partial charge in [-0.15, -0.1) is 0 Å². The number of nitrogens with zero attached hydrogens (tertiary/aromatic N) is 2. The highest BCUT2D eigenvalue weighted by atomic mass is 16.7. The topological polar surface area (TPSA) is 84.1 Å². The molecular weight excluding hydrogens is 422 g/mol. The third-order valence-corrected chi connectivity index (χ3v) is 6.82. The number of aromatic amines is 1. The molecule has 33 heavy (non-hydrogen) atoms. The number of H-pyrrole nitrogens is 1. The van der Waals surface area contributed by atoms with Gasteiger partial charge >= 0.3 is 0 Å². The lowest BCUT2D eigenvalue weighted by Gasteiger charge is -2.43. The third-order valence-electron chi connectivity index (χ3n) is 6.82. The Hall–Kier alpha value is -3.52. The molecule has 8 nitrogen and oxygen atoms in total. The van der Waals surface area contributed by atoms with E-state index in [0.717, 1.165) is 27.7 Å². The standard InChI is InChI=1S/C25H25N3O5/c1-15(29)28-20(25(30)27-8-10-31-11-9-27)13-18-17-4-2-3-5-19(17)26-23(18)24(28)16-6-7-21-22(12-16)33-14-32-21/h2-7,12,20,24,26H,8-11,13-14H2,1H3. The number of benzene rings is 2. The number of fused-ring (bicyclic) bond motifs is 4. The third kappa shape index (κ3) is 3.24. The highest BCUT2D eigenvalue weighted by molar-refractivity contribution is 5.92. The van der Waals surface area contributed by atoms with Gasteiger partial charge in [-0.25, -0.2) is 0 Å². The van der Waals surface area contributed by atoms with E-state index in [1.807, 2.05) is 41.3 Å². The molecule has 8 heteroatoms. The van der Waals surface area contributed by atoms with E-state index in [1.54, 1.807) is 4.90 Å². The molecule has 1 saturated heterocycles. The Labute approximate surface area is 191 Å². The number of carbonyl (C=O) groups is 2. The summed E-state index contributed by atoms with van der Waals surface area (Å²) < 4.78 is 16.5. The SMILES string of the molecule is CC(=O)N1C(C(=O)N2CCOCC2)Cc2c([nH]c3ccccc23)C1c1ccc2c(c1)OCO2. The number of ether oxygens (including phenoxy) is 3. The summed E-state index contributed by atoms with van der Waals surface area (Å²) in [6.07, 6.45) is 0.468. The quantitative estimate of drug-likeness (QED) is 0.653. The number of hydrogen-bond acceptors (Lipinski definition) is 5. The molecule has 1 N–H and O–H groups in total. The number of para-hydroxylation sites is 1. The van der Waals surface area contributed by atoms with Crippen LogP contribution < -0.4 is 9.47 Å². The summed E-state index contributed by atoms with van der Waals surface area (Å²) in [5.74, 6) is 1.15. The summed E-state index contributed by atoms with van der Waals surface area (Å²) in [5.41, 5.74) is 3.90. The zero-order valence-electron chi connectivity index (χ0n) is 18.4. The summed E-state index contributed by atoms with van der Waals surface area (Å²) in [6.45, 7) is 3.82. The van der Waals surface area contributed by atoms with E-state index >= 15 is 0 Å². The number of nitrogens with one attached hydrogen (secondary N) is 1. The van der Waals surface area contributed by atoms with Gasteiger partial charge < -0.3 is 29.0 Å². The number of aromatic nitrogens is 1. The van der Waals surface area contributed by atoms with Crippen LogP contribution in [0.15, 0.2) is 42.5 Å². The minimum Gasteiger partial charge on any atom is -0.454 e. The van der Waals surface area contributed by atoms with Gasteiger partial charge in [0.1, 0.15) is 6.04 Å². The molecule has 0 aliphatic carbocycles. The molecule has 170 valence electrons. The Kier molecular flexibility index (Phi) is 4.76. The van der Waals surface area contributed by atoms with Crippen molar-refractivity contribution in [1.82, 2.24) is 14.8 Å². The lowest BCUT2D eigenvalue weighted by Crippen LogP contribution is -2.56. The van der Waals surface area contributed by atoms with Gasteiger partial charge in [-0.05, 0) is 29.3 Å². The average molecular weight is 447 g/mol. The summed E-state index contributed by atoms with van der Waals surface area (Å²) in [4.78, 5) is 33.9. The van der Waals surface area contributed by atoms with Crippen LogP contribution in [0.3, 0.4) is 0 Å².